The quantitative estimate of drug-likeness (QED) is 0.151. The van der Waals surface area contributed by atoms with Crippen LogP contribution >= 0.6 is 34.0 Å². The van der Waals surface area contributed by atoms with E-state index in [0.717, 1.165) is 41.0 Å². The highest BCUT2D eigenvalue weighted by molar-refractivity contribution is 7.09. The summed E-state index contributed by atoms with van der Waals surface area (Å²) in [6, 6.07) is 27.2. The van der Waals surface area contributed by atoms with Crippen molar-refractivity contribution in [3.8, 4) is 40.5 Å². The molecule has 0 amide bonds. The van der Waals surface area contributed by atoms with Gasteiger partial charge in [0.05, 0.1) is 22.4 Å². The summed E-state index contributed by atoms with van der Waals surface area (Å²) >= 11 is 4.65. The molecular weight excluding hydrogens is 776 g/mol. The third-order valence-electron chi connectivity index (χ3n) is 9.02. The third-order valence-corrected chi connectivity index (χ3v) is 11.1. The van der Waals surface area contributed by atoms with Gasteiger partial charge in [0.1, 0.15) is 29.8 Å². The SMILES string of the molecule is C1CCNCC1.Cc1cccc(F)c1C#N.N#Cc1c(-c2ccsc2)cccc1N1CCCCC1.N#Cc1c(F)cccc1-c1ccsc1.OB(O)c1ccsc1. The summed E-state index contributed by atoms with van der Waals surface area (Å²) in [5, 5.41) is 58.5. The van der Waals surface area contributed by atoms with Crippen LogP contribution in [0.15, 0.2) is 105 Å². The minimum absolute atomic E-state index is 0.117. The molecule has 3 N–H and O–H groups in total. The zero-order valence-corrected chi connectivity index (χ0v) is 34.2. The zero-order valence-electron chi connectivity index (χ0n) is 31.7. The van der Waals surface area contributed by atoms with Crippen LogP contribution in [0.4, 0.5) is 14.5 Å². The molecule has 57 heavy (non-hydrogen) atoms. The second-order valence-electron chi connectivity index (χ2n) is 12.9. The van der Waals surface area contributed by atoms with Crippen molar-refractivity contribution in [2.24, 2.45) is 0 Å². The summed E-state index contributed by atoms with van der Waals surface area (Å²) in [4.78, 5) is 2.36. The molecule has 2 fully saturated rings. The number of nitrogens with zero attached hydrogens (tertiary/aromatic N) is 4. The van der Waals surface area contributed by atoms with E-state index in [0.29, 0.717) is 16.6 Å². The number of aryl methyl sites for hydroxylation is 1. The van der Waals surface area contributed by atoms with Gasteiger partial charge in [-0.2, -0.15) is 49.8 Å². The lowest BCUT2D eigenvalue weighted by Crippen LogP contribution is -2.30. The number of piperidine rings is 2. The highest BCUT2D eigenvalue weighted by Crippen LogP contribution is 2.33. The Kier molecular flexibility index (Phi) is 19.1. The van der Waals surface area contributed by atoms with Gasteiger partial charge >= 0.3 is 7.12 Å². The first kappa shape index (κ1) is 44.5. The fourth-order valence-corrected chi connectivity index (χ4v) is 7.99. The minimum Gasteiger partial charge on any atom is -0.423 e. The molecular formula is C44H44BF2N5O2S3. The van der Waals surface area contributed by atoms with Gasteiger partial charge < -0.3 is 20.3 Å². The number of hydrogen-bond acceptors (Lipinski definition) is 10. The summed E-state index contributed by atoms with van der Waals surface area (Å²) in [6.07, 6.45) is 7.98. The Hall–Kier alpha value is -5.17. The molecule has 0 saturated carbocycles. The maximum atomic E-state index is 13.2. The number of nitrogens with one attached hydrogen (secondary N) is 1. The van der Waals surface area contributed by atoms with Crippen LogP contribution in [0.3, 0.4) is 0 Å². The van der Waals surface area contributed by atoms with Gasteiger partial charge in [-0.15, -0.1) is 0 Å². The average molecular weight is 820 g/mol. The molecule has 2 saturated heterocycles. The molecule has 0 bridgehead atoms. The van der Waals surface area contributed by atoms with Gasteiger partial charge in [0.25, 0.3) is 0 Å². The van der Waals surface area contributed by atoms with Crippen LogP contribution in [0.1, 0.15) is 60.8 Å². The summed E-state index contributed by atoms with van der Waals surface area (Å²) in [5.41, 5.74) is 7.20. The standard InChI is InChI=1S/C16H16N2S.C11H6FNS.C8H6FN.C5H11N.C4H5BO2S/c17-11-15-14(13-7-10-19-12-13)5-4-6-16(15)18-8-2-1-3-9-18;12-11-3-1-2-9(10(11)6-13)8-4-5-14-7-8;1-6-3-2-4-8(9)7(6)5-10;1-2-4-6-5-3-1;6-5(7)4-1-2-8-3-4/h4-7,10,12H,1-3,8-9H2;1-5,7H;2-4H,1H3;6H,1-5H2;1-3,6-7H. The number of hydrogen-bond donors (Lipinski definition) is 3. The van der Waals surface area contributed by atoms with Crippen molar-refractivity contribution < 1.29 is 18.8 Å². The molecule has 3 aromatic carbocycles. The average Bonchev–Trinajstić information content (AvgIpc) is 4.08. The van der Waals surface area contributed by atoms with Crippen LogP contribution in [0, 0.1) is 52.6 Å². The van der Waals surface area contributed by atoms with E-state index >= 15 is 0 Å². The first-order valence-corrected chi connectivity index (χ1v) is 21.4. The summed E-state index contributed by atoms with van der Waals surface area (Å²) in [7, 11) is -1.30. The predicted octanol–water partition coefficient (Wildman–Crippen LogP) is 9.90. The van der Waals surface area contributed by atoms with Gasteiger partial charge in [-0.25, -0.2) is 8.78 Å². The number of halogens is 2. The lowest BCUT2D eigenvalue weighted by molar-refractivity contribution is 0.426. The first-order chi connectivity index (χ1) is 27.8. The van der Waals surface area contributed by atoms with E-state index < -0.39 is 18.8 Å². The Morgan fingerprint density at radius 1 is 0.614 bits per heavy atom. The largest absolute Gasteiger partial charge is 0.489 e. The molecule has 7 nitrogen and oxygen atoms in total. The van der Waals surface area contributed by atoms with Crippen LogP contribution in [0.5, 0.6) is 0 Å². The Balaban J connectivity index is 0.000000167. The van der Waals surface area contributed by atoms with Crippen molar-refractivity contribution >= 4 is 52.3 Å². The van der Waals surface area contributed by atoms with E-state index in [1.807, 2.05) is 29.0 Å². The van der Waals surface area contributed by atoms with E-state index in [1.165, 1.54) is 86.4 Å². The smallest absolute Gasteiger partial charge is 0.423 e. The Bertz CT molecular complexity index is 2170. The molecule has 8 rings (SSSR count). The van der Waals surface area contributed by atoms with Gasteiger partial charge in [-0.1, -0.05) is 48.9 Å². The second kappa shape index (κ2) is 24.5. The maximum absolute atomic E-state index is 13.2. The van der Waals surface area contributed by atoms with Gasteiger partial charge in [0, 0.05) is 24.2 Å². The summed E-state index contributed by atoms with van der Waals surface area (Å²) in [6.45, 7) is 6.35. The first-order valence-electron chi connectivity index (χ1n) is 18.5. The lowest BCUT2D eigenvalue weighted by atomic mass is 9.83. The van der Waals surface area contributed by atoms with Crippen molar-refractivity contribution in [3.63, 3.8) is 0 Å². The van der Waals surface area contributed by atoms with Crippen LogP contribution < -0.4 is 15.7 Å². The van der Waals surface area contributed by atoms with Gasteiger partial charge in [-0.3, -0.25) is 0 Å². The van der Waals surface area contributed by atoms with E-state index in [9.17, 15) is 14.0 Å². The number of thiophene rings is 3. The number of benzene rings is 3. The summed E-state index contributed by atoms with van der Waals surface area (Å²) in [5.74, 6) is -0.904. The van der Waals surface area contributed by atoms with Crippen molar-refractivity contribution in [1.29, 1.82) is 15.8 Å². The van der Waals surface area contributed by atoms with Crippen LogP contribution in [-0.2, 0) is 0 Å². The molecule has 0 aliphatic carbocycles. The molecule has 292 valence electrons. The van der Waals surface area contributed by atoms with E-state index in [-0.39, 0.29) is 11.1 Å². The molecule has 0 atom stereocenters. The monoisotopic (exact) mass is 819 g/mol. The highest BCUT2D eigenvalue weighted by atomic mass is 32.1. The molecule has 0 spiro atoms. The highest BCUT2D eigenvalue weighted by Gasteiger charge is 2.17. The number of nitriles is 3. The Labute approximate surface area is 346 Å². The van der Waals surface area contributed by atoms with Crippen LogP contribution in [0.2, 0.25) is 0 Å². The number of anilines is 1. The predicted molar refractivity (Wildman–Crippen MR) is 232 cm³/mol. The van der Waals surface area contributed by atoms with Crippen LogP contribution in [0.25, 0.3) is 22.3 Å². The lowest BCUT2D eigenvalue weighted by Gasteiger charge is -2.30. The molecule has 2 aliphatic rings. The topological polar surface area (TPSA) is 127 Å². The van der Waals surface area contributed by atoms with E-state index in [1.54, 1.807) is 65.4 Å². The van der Waals surface area contributed by atoms with Crippen molar-refractivity contribution in [2.75, 3.05) is 31.1 Å². The molecule has 2 aliphatic heterocycles. The minimum atomic E-state index is -1.30. The molecule has 6 aromatic rings. The third kappa shape index (κ3) is 13.8. The summed E-state index contributed by atoms with van der Waals surface area (Å²) < 4.78 is 25.9. The molecule has 0 radical (unpaired) electrons. The fourth-order valence-electron chi connectivity index (χ4n) is 6.01. The molecule has 5 heterocycles. The molecule has 3 aromatic heterocycles. The van der Waals surface area contributed by atoms with Crippen molar-refractivity contribution in [3.05, 3.63) is 139 Å². The second-order valence-corrected chi connectivity index (χ2v) is 15.3. The number of rotatable bonds is 4. The van der Waals surface area contributed by atoms with Gasteiger partial charge in [0.2, 0.25) is 0 Å². The fraction of sp³-hybridized carbons (Fsp3) is 0.250. The van der Waals surface area contributed by atoms with Crippen LogP contribution in [-0.4, -0.2) is 43.3 Å². The van der Waals surface area contributed by atoms with Crippen molar-refractivity contribution in [1.82, 2.24) is 5.32 Å². The maximum Gasteiger partial charge on any atom is 0.489 e. The zero-order chi connectivity index (χ0) is 40.8. The molecule has 0 unspecified atom stereocenters. The van der Waals surface area contributed by atoms with Crippen molar-refractivity contribution in [2.45, 2.75) is 45.4 Å². The normalized spacial score (nSPS) is 12.8. The van der Waals surface area contributed by atoms with Gasteiger partial charge in [0.15, 0.2) is 0 Å². The Morgan fingerprint density at radius 3 is 1.54 bits per heavy atom. The van der Waals surface area contributed by atoms with E-state index in [4.69, 9.17) is 20.6 Å². The van der Waals surface area contributed by atoms with Gasteiger partial charge in [-0.05, 0) is 137 Å². The Morgan fingerprint density at radius 2 is 1.12 bits per heavy atom. The van der Waals surface area contributed by atoms with E-state index in [2.05, 4.69) is 45.2 Å². The molecule has 13 heteroatoms.